The Balaban J connectivity index is 1.89. The van der Waals surface area contributed by atoms with E-state index in [9.17, 15) is 0 Å². The maximum Gasteiger partial charge on any atom is 0.138 e. The van der Waals surface area contributed by atoms with E-state index in [4.69, 9.17) is 0 Å². The number of anilines is 3. The van der Waals surface area contributed by atoms with Crippen molar-refractivity contribution in [2.24, 2.45) is 0 Å². The molecule has 1 N–H and O–H groups in total. The molecule has 0 aliphatic carbocycles. The molecule has 0 radical (unpaired) electrons. The number of aromatic nitrogens is 2. The van der Waals surface area contributed by atoms with Crippen molar-refractivity contribution >= 4 is 17.3 Å². The van der Waals surface area contributed by atoms with Crippen LogP contribution in [0.4, 0.5) is 17.3 Å². The average molecular weight is 296 g/mol. The highest BCUT2D eigenvalue weighted by atomic mass is 15.2. The minimum absolute atomic E-state index is 0.819. The van der Waals surface area contributed by atoms with Crippen molar-refractivity contribution in [1.29, 1.82) is 0 Å². The third kappa shape index (κ3) is 3.21. The average Bonchev–Trinajstić information content (AvgIpc) is 2.54. The predicted molar refractivity (Wildman–Crippen MR) is 91.9 cm³/mol. The summed E-state index contributed by atoms with van der Waals surface area (Å²) in [5.41, 5.74) is 2.69. The zero-order valence-electron chi connectivity index (χ0n) is 13.5. The number of hydrogen-bond acceptors (Lipinski definition) is 4. The Kier molecular flexibility index (Phi) is 4.56. The second-order valence-corrected chi connectivity index (χ2v) is 5.82. The Morgan fingerprint density at radius 1 is 1.23 bits per heavy atom. The number of aryl methyl sites for hydroxylation is 2. The topological polar surface area (TPSA) is 41.0 Å². The van der Waals surface area contributed by atoms with Gasteiger partial charge in [-0.1, -0.05) is 31.5 Å². The Bertz CT molecular complexity index is 639. The fraction of sp³-hybridized carbons (Fsp3) is 0.444. The molecule has 22 heavy (non-hydrogen) atoms. The number of fused-ring (bicyclic) bond motifs is 1. The van der Waals surface area contributed by atoms with E-state index >= 15 is 0 Å². The summed E-state index contributed by atoms with van der Waals surface area (Å²) in [5.74, 6) is 2.75. The number of benzene rings is 1. The standard InChI is InChI=1S/C18H24N4/c1-3-4-11-19-17-13-18(21-14(2)20-17)22-12-7-9-15-8-5-6-10-16(15)22/h5-6,8,10,13H,3-4,7,9,11-12H2,1-2H3,(H,19,20,21). The molecule has 0 bridgehead atoms. The molecule has 4 nitrogen and oxygen atoms in total. The third-order valence-corrected chi connectivity index (χ3v) is 4.05. The molecule has 1 aliphatic heterocycles. The van der Waals surface area contributed by atoms with Gasteiger partial charge in [-0.15, -0.1) is 0 Å². The van der Waals surface area contributed by atoms with Crippen LogP contribution >= 0.6 is 0 Å². The molecule has 3 rings (SSSR count). The van der Waals surface area contributed by atoms with E-state index in [0.29, 0.717) is 0 Å². The number of unbranched alkanes of at least 4 members (excludes halogenated alkanes) is 1. The minimum atomic E-state index is 0.819. The monoisotopic (exact) mass is 296 g/mol. The normalized spacial score (nSPS) is 13.8. The first kappa shape index (κ1) is 14.8. The molecule has 2 aromatic rings. The van der Waals surface area contributed by atoms with Gasteiger partial charge in [-0.25, -0.2) is 9.97 Å². The zero-order chi connectivity index (χ0) is 15.4. The first-order valence-electron chi connectivity index (χ1n) is 8.23. The lowest BCUT2D eigenvalue weighted by molar-refractivity contribution is 0.756. The molecule has 1 aromatic carbocycles. The summed E-state index contributed by atoms with van der Waals surface area (Å²) in [6.45, 7) is 6.14. The molecule has 0 fully saturated rings. The number of nitrogens with zero attached hydrogens (tertiary/aromatic N) is 3. The molecule has 0 atom stereocenters. The van der Waals surface area contributed by atoms with Crippen LogP contribution < -0.4 is 10.2 Å². The number of para-hydroxylation sites is 1. The molecular weight excluding hydrogens is 272 g/mol. The van der Waals surface area contributed by atoms with Gasteiger partial charge in [-0.05, 0) is 37.8 Å². The molecule has 2 heterocycles. The van der Waals surface area contributed by atoms with Crippen molar-refractivity contribution in [3.63, 3.8) is 0 Å². The van der Waals surface area contributed by atoms with E-state index in [0.717, 1.165) is 43.4 Å². The van der Waals surface area contributed by atoms with Gasteiger partial charge in [0.1, 0.15) is 17.5 Å². The second-order valence-electron chi connectivity index (χ2n) is 5.82. The van der Waals surface area contributed by atoms with Gasteiger partial charge >= 0.3 is 0 Å². The van der Waals surface area contributed by atoms with Gasteiger partial charge in [-0.3, -0.25) is 0 Å². The maximum atomic E-state index is 4.66. The minimum Gasteiger partial charge on any atom is -0.370 e. The van der Waals surface area contributed by atoms with Crippen molar-refractivity contribution in [3.05, 3.63) is 41.7 Å². The van der Waals surface area contributed by atoms with E-state index in [1.165, 1.54) is 24.1 Å². The van der Waals surface area contributed by atoms with Crippen molar-refractivity contribution in [3.8, 4) is 0 Å². The summed E-state index contributed by atoms with van der Waals surface area (Å²) < 4.78 is 0. The molecule has 0 saturated carbocycles. The van der Waals surface area contributed by atoms with E-state index in [1.807, 2.05) is 6.92 Å². The van der Waals surface area contributed by atoms with Crippen LogP contribution in [0.3, 0.4) is 0 Å². The SMILES string of the molecule is CCCCNc1cc(N2CCCc3ccccc32)nc(C)n1. The Morgan fingerprint density at radius 3 is 2.95 bits per heavy atom. The van der Waals surface area contributed by atoms with Gasteiger partial charge in [0.15, 0.2) is 0 Å². The van der Waals surface area contributed by atoms with E-state index in [2.05, 4.69) is 57.4 Å². The summed E-state index contributed by atoms with van der Waals surface area (Å²) in [4.78, 5) is 11.5. The van der Waals surface area contributed by atoms with Crippen molar-refractivity contribution < 1.29 is 0 Å². The summed E-state index contributed by atoms with van der Waals surface area (Å²) in [6.07, 6.45) is 4.66. The van der Waals surface area contributed by atoms with Gasteiger partial charge in [-0.2, -0.15) is 0 Å². The molecule has 0 saturated heterocycles. The molecule has 1 aliphatic rings. The fourth-order valence-corrected chi connectivity index (χ4v) is 2.95. The van der Waals surface area contributed by atoms with Crippen molar-refractivity contribution in [2.75, 3.05) is 23.3 Å². The first-order chi connectivity index (χ1) is 10.8. The number of hydrogen-bond donors (Lipinski definition) is 1. The van der Waals surface area contributed by atoms with Crippen LogP contribution in [-0.2, 0) is 6.42 Å². The molecule has 116 valence electrons. The molecule has 1 aromatic heterocycles. The highest BCUT2D eigenvalue weighted by Gasteiger charge is 2.19. The van der Waals surface area contributed by atoms with Gasteiger partial charge in [0.05, 0.1) is 0 Å². The highest BCUT2D eigenvalue weighted by molar-refractivity contribution is 5.67. The Hall–Kier alpha value is -2.10. The summed E-state index contributed by atoms with van der Waals surface area (Å²) >= 11 is 0. The van der Waals surface area contributed by atoms with Gasteiger partial charge in [0, 0.05) is 24.8 Å². The highest BCUT2D eigenvalue weighted by Crippen LogP contribution is 2.32. The smallest absolute Gasteiger partial charge is 0.138 e. The second kappa shape index (κ2) is 6.77. The van der Waals surface area contributed by atoms with Crippen LogP contribution in [0.5, 0.6) is 0 Å². The van der Waals surface area contributed by atoms with E-state index < -0.39 is 0 Å². The van der Waals surface area contributed by atoms with Gasteiger partial charge < -0.3 is 10.2 Å². The maximum absolute atomic E-state index is 4.66. The molecular formula is C18H24N4. The van der Waals surface area contributed by atoms with E-state index in [-0.39, 0.29) is 0 Å². The van der Waals surface area contributed by atoms with Crippen molar-refractivity contribution in [2.45, 2.75) is 39.5 Å². The lowest BCUT2D eigenvalue weighted by atomic mass is 10.0. The molecule has 0 amide bonds. The number of rotatable bonds is 5. The van der Waals surface area contributed by atoms with Crippen LogP contribution in [-0.4, -0.2) is 23.1 Å². The van der Waals surface area contributed by atoms with Crippen LogP contribution in [0.15, 0.2) is 30.3 Å². The van der Waals surface area contributed by atoms with E-state index in [1.54, 1.807) is 0 Å². The van der Waals surface area contributed by atoms with Crippen LogP contribution in [0.2, 0.25) is 0 Å². The zero-order valence-corrected chi connectivity index (χ0v) is 13.5. The molecule has 0 unspecified atom stereocenters. The van der Waals surface area contributed by atoms with Crippen LogP contribution in [0.1, 0.15) is 37.6 Å². The largest absolute Gasteiger partial charge is 0.370 e. The summed E-state index contributed by atoms with van der Waals surface area (Å²) in [7, 11) is 0. The molecule has 0 spiro atoms. The lowest BCUT2D eigenvalue weighted by Crippen LogP contribution is -2.25. The lowest BCUT2D eigenvalue weighted by Gasteiger charge is -2.30. The van der Waals surface area contributed by atoms with Gasteiger partial charge in [0.2, 0.25) is 0 Å². The number of nitrogens with one attached hydrogen (secondary N) is 1. The summed E-state index contributed by atoms with van der Waals surface area (Å²) in [5, 5.41) is 3.41. The Labute approximate surface area is 132 Å². The fourth-order valence-electron chi connectivity index (χ4n) is 2.95. The van der Waals surface area contributed by atoms with Crippen LogP contribution in [0.25, 0.3) is 0 Å². The predicted octanol–water partition coefficient (Wildman–Crippen LogP) is 4.08. The van der Waals surface area contributed by atoms with Gasteiger partial charge in [0.25, 0.3) is 0 Å². The third-order valence-electron chi connectivity index (χ3n) is 4.05. The quantitative estimate of drug-likeness (QED) is 0.844. The summed E-state index contributed by atoms with van der Waals surface area (Å²) in [6, 6.07) is 10.7. The molecule has 4 heteroatoms. The van der Waals surface area contributed by atoms with Crippen molar-refractivity contribution in [1.82, 2.24) is 9.97 Å². The van der Waals surface area contributed by atoms with Crippen LogP contribution in [0, 0.1) is 6.92 Å². The first-order valence-corrected chi connectivity index (χ1v) is 8.23. The Morgan fingerprint density at radius 2 is 2.09 bits per heavy atom.